The number of nitrogens with zero attached hydrogens (tertiary/aromatic N) is 1. The van der Waals surface area contributed by atoms with Crippen molar-refractivity contribution >= 4 is 39.9 Å². The fourth-order valence-corrected chi connectivity index (χ4v) is 4.13. The van der Waals surface area contributed by atoms with Crippen LogP contribution in [0.25, 0.3) is 21.9 Å². The van der Waals surface area contributed by atoms with E-state index in [2.05, 4.69) is 5.32 Å². The van der Waals surface area contributed by atoms with Crippen LogP contribution in [-0.4, -0.2) is 22.5 Å². The molecule has 1 N–H and O–H groups in total. The van der Waals surface area contributed by atoms with E-state index in [0.29, 0.717) is 32.6 Å². The van der Waals surface area contributed by atoms with Gasteiger partial charge in [0.2, 0.25) is 0 Å². The Kier molecular flexibility index (Phi) is 6.76. The van der Waals surface area contributed by atoms with Crippen LogP contribution in [0.5, 0.6) is 0 Å². The van der Waals surface area contributed by atoms with Gasteiger partial charge in [0, 0.05) is 28.7 Å². The summed E-state index contributed by atoms with van der Waals surface area (Å²) >= 11 is 6.08. The lowest BCUT2D eigenvalue weighted by Crippen LogP contribution is -2.33. The lowest BCUT2D eigenvalue weighted by atomic mass is 9.96. The molecule has 0 spiro atoms. The van der Waals surface area contributed by atoms with Gasteiger partial charge in [0.1, 0.15) is 5.69 Å². The van der Waals surface area contributed by atoms with Crippen LogP contribution in [0.1, 0.15) is 28.5 Å². The molecule has 4 aromatic rings. The molecule has 1 unspecified atom stereocenters. The van der Waals surface area contributed by atoms with Crippen molar-refractivity contribution in [1.29, 1.82) is 0 Å². The number of anilines is 1. The van der Waals surface area contributed by atoms with Crippen molar-refractivity contribution < 1.29 is 14.3 Å². The number of hydrogen-bond acceptors (Lipinski definition) is 4. The molecule has 3 aromatic carbocycles. The zero-order chi connectivity index (χ0) is 25.3. The molecule has 0 aliphatic heterocycles. The van der Waals surface area contributed by atoms with Crippen LogP contribution in [0.4, 0.5) is 5.69 Å². The van der Waals surface area contributed by atoms with Crippen molar-refractivity contribution in [2.24, 2.45) is 7.05 Å². The van der Waals surface area contributed by atoms with Gasteiger partial charge >= 0.3 is 5.97 Å². The van der Waals surface area contributed by atoms with E-state index in [4.69, 9.17) is 16.3 Å². The van der Waals surface area contributed by atoms with Crippen LogP contribution in [-0.2, 0) is 16.6 Å². The third-order valence-electron chi connectivity index (χ3n) is 6.15. The summed E-state index contributed by atoms with van der Waals surface area (Å²) in [7, 11) is 1.52. The van der Waals surface area contributed by atoms with Crippen LogP contribution in [0.2, 0.25) is 5.02 Å². The number of rotatable bonds is 5. The number of pyridine rings is 1. The largest absolute Gasteiger partial charge is 0.448 e. The van der Waals surface area contributed by atoms with Crippen molar-refractivity contribution in [1.82, 2.24) is 4.57 Å². The summed E-state index contributed by atoms with van der Waals surface area (Å²) in [6.07, 6.45) is -1.10. The van der Waals surface area contributed by atoms with E-state index < -0.39 is 18.0 Å². The molecule has 1 atom stereocenters. The standard InChI is InChI=1S/C28H25ClN2O4/c1-16-8-7-11-23(17(16)2)30-26(32)18(3)35-28(34)25-24(19-12-14-20(29)15-13-19)21-9-5-6-10-22(21)27(33)31(25)4/h5-15,18H,1-4H3,(H,30,32). The number of aromatic nitrogens is 1. The first-order valence-corrected chi connectivity index (χ1v) is 11.5. The molecule has 1 heterocycles. The van der Waals surface area contributed by atoms with E-state index in [1.54, 1.807) is 54.6 Å². The van der Waals surface area contributed by atoms with Crippen molar-refractivity contribution in [2.45, 2.75) is 26.9 Å². The SMILES string of the molecule is Cc1cccc(NC(=O)C(C)OC(=O)c2c(-c3ccc(Cl)cc3)c3ccccc3c(=O)n2C)c1C. The summed E-state index contributed by atoms with van der Waals surface area (Å²) in [6.45, 7) is 5.36. The molecule has 0 aliphatic carbocycles. The topological polar surface area (TPSA) is 77.4 Å². The second-order valence-electron chi connectivity index (χ2n) is 8.42. The number of hydrogen-bond donors (Lipinski definition) is 1. The van der Waals surface area contributed by atoms with Gasteiger partial charge in [-0.3, -0.25) is 9.59 Å². The molecule has 7 heteroatoms. The molecule has 1 amide bonds. The zero-order valence-corrected chi connectivity index (χ0v) is 20.6. The van der Waals surface area contributed by atoms with Crippen molar-refractivity contribution in [3.8, 4) is 11.1 Å². The van der Waals surface area contributed by atoms with E-state index in [-0.39, 0.29) is 11.3 Å². The van der Waals surface area contributed by atoms with Gasteiger partial charge in [-0.25, -0.2) is 4.79 Å². The monoisotopic (exact) mass is 488 g/mol. The van der Waals surface area contributed by atoms with Gasteiger partial charge < -0.3 is 14.6 Å². The average molecular weight is 489 g/mol. The first-order valence-electron chi connectivity index (χ1n) is 11.1. The molecule has 0 radical (unpaired) electrons. The molecule has 0 bridgehead atoms. The Bertz CT molecular complexity index is 1510. The van der Waals surface area contributed by atoms with Gasteiger partial charge in [0.05, 0.1) is 0 Å². The summed E-state index contributed by atoms with van der Waals surface area (Å²) in [4.78, 5) is 39.3. The van der Waals surface area contributed by atoms with E-state index in [1.165, 1.54) is 18.5 Å². The molecular weight excluding hydrogens is 464 g/mol. The molecule has 0 fully saturated rings. The first kappa shape index (κ1) is 24.2. The Morgan fingerprint density at radius 2 is 1.60 bits per heavy atom. The smallest absolute Gasteiger partial charge is 0.356 e. The molecular formula is C28H25ClN2O4. The van der Waals surface area contributed by atoms with Crippen LogP contribution >= 0.6 is 11.6 Å². The molecule has 0 aliphatic rings. The molecule has 6 nitrogen and oxygen atoms in total. The second-order valence-corrected chi connectivity index (χ2v) is 8.86. The van der Waals surface area contributed by atoms with Gasteiger partial charge in [0.15, 0.2) is 6.10 Å². The maximum Gasteiger partial charge on any atom is 0.356 e. The predicted molar refractivity (Wildman–Crippen MR) is 139 cm³/mol. The molecule has 178 valence electrons. The summed E-state index contributed by atoms with van der Waals surface area (Å²) < 4.78 is 6.84. The van der Waals surface area contributed by atoms with Crippen molar-refractivity contribution in [3.05, 3.63) is 98.9 Å². The fraction of sp³-hybridized carbons (Fsp3) is 0.179. The number of fused-ring (bicyclic) bond motifs is 1. The number of halogens is 1. The highest BCUT2D eigenvalue weighted by Crippen LogP contribution is 2.32. The van der Waals surface area contributed by atoms with Gasteiger partial charge in [-0.15, -0.1) is 0 Å². The Labute approximate surface area is 208 Å². The lowest BCUT2D eigenvalue weighted by Gasteiger charge is -2.19. The quantitative estimate of drug-likeness (QED) is 0.368. The van der Waals surface area contributed by atoms with Gasteiger partial charge in [0.25, 0.3) is 11.5 Å². The Hall–Kier alpha value is -3.90. The second kappa shape index (κ2) is 9.76. The fourth-order valence-electron chi connectivity index (χ4n) is 4.00. The molecule has 0 saturated heterocycles. The van der Waals surface area contributed by atoms with Crippen LogP contribution in [0, 0.1) is 13.8 Å². The number of amides is 1. The minimum absolute atomic E-state index is 0.0578. The van der Waals surface area contributed by atoms with Gasteiger partial charge in [-0.2, -0.15) is 0 Å². The molecule has 0 saturated carbocycles. The zero-order valence-electron chi connectivity index (χ0n) is 19.9. The highest BCUT2D eigenvalue weighted by atomic mass is 35.5. The lowest BCUT2D eigenvalue weighted by molar-refractivity contribution is -0.123. The van der Waals surface area contributed by atoms with Gasteiger partial charge in [-0.05, 0) is 67.1 Å². The summed E-state index contributed by atoms with van der Waals surface area (Å²) in [6, 6.07) is 19.7. The highest BCUT2D eigenvalue weighted by Gasteiger charge is 2.26. The predicted octanol–water partition coefficient (Wildman–Crippen LogP) is 5.66. The minimum atomic E-state index is -1.10. The third-order valence-corrected chi connectivity index (χ3v) is 6.40. The molecule has 35 heavy (non-hydrogen) atoms. The van der Waals surface area contributed by atoms with Crippen LogP contribution in [0.3, 0.4) is 0 Å². The van der Waals surface area contributed by atoms with E-state index in [1.807, 2.05) is 26.0 Å². The van der Waals surface area contributed by atoms with Crippen LogP contribution < -0.4 is 10.9 Å². The molecule has 4 rings (SSSR count). The summed E-state index contributed by atoms with van der Waals surface area (Å²) in [5, 5.41) is 4.44. The number of carbonyl (C=O) groups excluding carboxylic acids is 2. The number of carbonyl (C=O) groups is 2. The number of benzene rings is 3. The first-order chi connectivity index (χ1) is 16.7. The van der Waals surface area contributed by atoms with Gasteiger partial charge in [-0.1, -0.05) is 54.1 Å². The van der Waals surface area contributed by atoms with Crippen molar-refractivity contribution in [3.63, 3.8) is 0 Å². The summed E-state index contributed by atoms with van der Waals surface area (Å²) in [5.74, 6) is -1.24. The highest BCUT2D eigenvalue weighted by molar-refractivity contribution is 6.30. The van der Waals surface area contributed by atoms with E-state index in [9.17, 15) is 14.4 Å². The average Bonchev–Trinajstić information content (AvgIpc) is 2.84. The Balaban J connectivity index is 1.74. The number of esters is 1. The maximum absolute atomic E-state index is 13.4. The number of nitrogens with one attached hydrogen (secondary N) is 1. The Morgan fingerprint density at radius 3 is 2.29 bits per heavy atom. The third kappa shape index (κ3) is 4.70. The normalized spacial score (nSPS) is 11.8. The molecule has 1 aromatic heterocycles. The van der Waals surface area contributed by atoms with Crippen molar-refractivity contribution in [2.75, 3.05) is 5.32 Å². The maximum atomic E-state index is 13.4. The van der Waals surface area contributed by atoms with E-state index >= 15 is 0 Å². The number of aryl methyl sites for hydroxylation is 1. The minimum Gasteiger partial charge on any atom is -0.448 e. The van der Waals surface area contributed by atoms with E-state index in [0.717, 1.165) is 11.1 Å². The van der Waals surface area contributed by atoms with Crippen LogP contribution in [0.15, 0.2) is 71.5 Å². The Morgan fingerprint density at radius 1 is 0.943 bits per heavy atom. The summed E-state index contributed by atoms with van der Waals surface area (Å²) in [5.41, 5.74) is 3.57. The number of ether oxygens (including phenoxy) is 1.